The molecule has 0 aliphatic carbocycles. The maximum Gasteiger partial charge on any atom is 0.135 e. The molecule has 3 heteroatoms. The smallest absolute Gasteiger partial charge is 0.135 e. The number of likely N-dealkylation sites (tertiary alicyclic amines) is 1. The largest absolute Gasteiger partial charge is 0.300 e. The van der Waals surface area contributed by atoms with Gasteiger partial charge in [-0.15, -0.1) is 0 Å². The molecule has 0 N–H and O–H groups in total. The van der Waals surface area contributed by atoms with Gasteiger partial charge in [0.2, 0.25) is 0 Å². The average molecular weight is 242 g/mol. The quantitative estimate of drug-likeness (QED) is 0.812. The maximum absolute atomic E-state index is 11.4. The molecule has 0 spiro atoms. The van der Waals surface area contributed by atoms with Crippen LogP contribution in [0.25, 0.3) is 0 Å². The Bertz CT molecular complexity index is 436. The van der Waals surface area contributed by atoms with E-state index < -0.39 is 0 Å². The molecule has 18 heavy (non-hydrogen) atoms. The van der Waals surface area contributed by atoms with Gasteiger partial charge in [0, 0.05) is 32.0 Å². The molecule has 0 amide bonds. The fourth-order valence-electron chi connectivity index (χ4n) is 2.46. The fourth-order valence-corrected chi connectivity index (χ4v) is 2.46. The highest BCUT2D eigenvalue weighted by Gasteiger charge is 2.26. The average Bonchev–Trinajstić information content (AvgIpc) is 2.39. The third kappa shape index (κ3) is 3.41. The number of hydrogen-bond donors (Lipinski definition) is 0. The highest BCUT2D eigenvalue weighted by atomic mass is 16.1. The summed E-state index contributed by atoms with van der Waals surface area (Å²) in [6.45, 7) is 1.74. The molecule has 0 aromatic heterocycles. The molecule has 1 fully saturated rings. The second-order valence-corrected chi connectivity index (χ2v) is 4.78. The molecule has 1 aromatic carbocycles. The third-order valence-corrected chi connectivity index (χ3v) is 3.51. The number of nitriles is 1. The van der Waals surface area contributed by atoms with Crippen molar-refractivity contribution in [3.63, 3.8) is 0 Å². The Balaban J connectivity index is 1.91. The van der Waals surface area contributed by atoms with Gasteiger partial charge >= 0.3 is 0 Å². The van der Waals surface area contributed by atoms with Gasteiger partial charge in [0.25, 0.3) is 0 Å². The lowest BCUT2D eigenvalue weighted by atomic mass is 9.98. The van der Waals surface area contributed by atoms with E-state index in [1.807, 2.05) is 18.2 Å². The lowest BCUT2D eigenvalue weighted by molar-refractivity contribution is -0.123. The maximum atomic E-state index is 11.4. The Hall–Kier alpha value is -1.66. The normalized spacial score (nSPS) is 20.6. The van der Waals surface area contributed by atoms with E-state index in [0.29, 0.717) is 25.0 Å². The van der Waals surface area contributed by atoms with E-state index in [0.717, 1.165) is 19.5 Å². The number of piperidine rings is 1. The molecule has 2 rings (SSSR count). The van der Waals surface area contributed by atoms with E-state index in [-0.39, 0.29) is 6.04 Å². The van der Waals surface area contributed by atoms with E-state index in [1.165, 1.54) is 5.56 Å². The van der Waals surface area contributed by atoms with Crippen molar-refractivity contribution in [1.29, 1.82) is 5.26 Å². The summed E-state index contributed by atoms with van der Waals surface area (Å²) in [6, 6.07) is 12.7. The Morgan fingerprint density at radius 1 is 1.33 bits per heavy atom. The van der Waals surface area contributed by atoms with Crippen LogP contribution in [0.5, 0.6) is 0 Å². The van der Waals surface area contributed by atoms with Crippen LogP contribution in [0.15, 0.2) is 30.3 Å². The predicted molar refractivity (Wildman–Crippen MR) is 70.0 cm³/mol. The zero-order valence-corrected chi connectivity index (χ0v) is 10.5. The molecule has 1 atom stereocenters. The summed E-state index contributed by atoms with van der Waals surface area (Å²) < 4.78 is 0. The number of carbonyl (C=O) groups excluding carboxylic acids is 1. The van der Waals surface area contributed by atoms with E-state index >= 15 is 0 Å². The van der Waals surface area contributed by atoms with Crippen molar-refractivity contribution in [2.75, 3.05) is 13.1 Å². The Morgan fingerprint density at radius 3 is 2.83 bits per heavy atom. The first kappa shape index (κ1) is 12.8. The van der Waals surface area contributed by atoms with Crippen LogP contribution in [0, 0.1) is 11.3 Å². The van der Waals surface area contributed by atoms with Gasteiger partial charge in [0.05, 0.1) is 12.5 Å². The van der Waals surface area contributed by atoms with Gasteiger partial charge in [-0.25, -0.2) is 0 Å². The lowest BCUT2D eigenvalue weighted by Gasteiger charge is -2.33. The summed E-state index contributed by atoms with van der Waals surface area (Å²) in [4.78, 5) is 13.7. The molecule has 1 aliphatic rings. The van der Waals surface area contributed by atoms with Crippen LogP contribution in [-0.2, 0) is 11.2 Å². The van der Waals surface area contributed by atoms with Gasteiger partial charge in [-0.1, -0.05) is 30.3 Å². The second-order valence-electron chi connectivity index (χ2n) is 4.78. The molecule has 1 saturated heterocycles. The van der Waals surface area contributed by atoms with Crippen LogP contribution < -0.4 is 0 Å². The van der Waals surface area contributed by atoms with Crippen molar-refractivity contribution in [1.82, 2.24) is 4.90 Å². The molecular formula is C15H18N2O. The van der Waals surface area contributed by atoms with E-state index in [9.17, 15) is 4.79 Å². The van der Waals surface area contributed by atoms with Gasteiger partial charge in [-0.3, -0.25) is 9.69 Å². The van der Waals surface area contributed by atoms with Gasteiger partial charge < -0.3 is 0 Å². The highest BCUT2D eigenvalue weighted by molar-refractivity contribution is 5.80. The number of hydrogen-bond acceptors (Lipinski definition) is 3. The fraction of sp³-hybridized carbons (Fsp3) is 0.467. The minimum Gasteiger partial charge on any atom is -0.300 e. The second kappa shape index (κ2) is 6.32. The summed E-state index contributed by atoms with van der Waals surface area (Å²) in [5, 5.41) is 8.82. The van der Waals surface area contributed by atoms with Crippen molar-refractivity contribution in [2.45, 2.75) is 31.7 Å². The molecule has 0 radical (unpaired) electrons. The number of rotatable bonds is 4. The van der Waals surface area contributed by atoms with Crippen molar-refractivity contribution in [2.24, 2.45) is 0 Å². The van der Waals surface area contributed by atoms with Gasteiger partial charge in [0.15, 0.2) is 0 Å². The van der Waals surface area contributed by atoms with E-state index in [2.05, 4.69) is 23.1 Å². The van der Waals surface area contributed by atoms with Crippen LogP contribution in [-0.4, -0.2) is 29.8 Å². The van der Waals surface area contributed by atoms with E-state index in [4.69, 9.17) is 5.26 Å². The number of carbonyl (C=O) groups is 1. The first-order valence-electron chi connectivity index (χ1n) is 6.46. The van der Waals surface area contributed by atoms with Crippen LogP contribution in [0.4, 0.5) is 0 Å². The first-order chi connectivity index (χ1) is 8.79. The predicted octanol–water partition coefficient (Wildman–Crippen LogP) is 2.18. The molecule has 3 nitrogen and oxygen atoms in total. The van der Waals surface area contributed by atoms with Crippen molar-refractivity contribution in [3.05, 3.63) is 35.9 Å². The number of Topliss-reactive ketones (excluding diaryl/α,β-unsaturated/α-hetero) is 1. The van der Waals surface area contributed by atoms with Crippen LogP contribution in [0.1, 0.15) is 24.8 Å². The molecule has 0 bridgehead atoms. The summed E-state index contributed by atoms with van der Waals surface area (Å²) >= 11 is 0. The monoisotopic (exact) mass is 242 g/mol. The Morgan fingerprint density at radius 2 is 2.11 bits per heavy atom. The van der Waals surface area contributed by atoms with Crippen LogP contribution in [0.2, 0.25) is 0 Å². The summed E-state index contributed by atoms with van der Waals surface area (Å²) in [6.07, 6.45) is 2.62. The molecule has 1 aliphatic heterocycles. The number of nitrogens with zero attached hydrogens (tertiary/aromatic N) is 2. The van der Waals surface area contributed by atoms with Gasteiger partial charge in [0.1, 0.15) is 5.78 Å². The molecule has 0 unspecified atom stereocenters. The topological polar surface area (TPSA) is 44.1 Å². The molecule has 0 saturated carbocycles. The van der Waals surface area contributed by atoms with Crippen molar-refractivity contribution in [3.8, 4) is 6.07 Å². The first-order valence-corrected chi connectivity index (χ1v) is 6.46. The molecular weight excluding hydrogens is 224 g/mol. The van der Waals surface area contributed by atoms with Crippen molar-refractivity contribution >= 4 is 5.78 Å². The highest BCUT2D eigenvalue weighted by Crippen LogP contribution is 2.17. The minimum absolute atomic E-state index is 0.125. The third-order valence-electron chi connectivity index (χ3n) is 3.51. The number of benzene rings is 1. The molecule has 1 aromatic rings. The summed E-state index contributed by atoms with van der Waals surface area (Å²) in [7, 11) is 0. The molecule has 1 heterocycles. The van der Waals surface area contributed by atoms with E-state index in [1.54, 1.807) is 0 Å². The van der Waals surface area contributed by atoms with Crippen molar-refractivity contribution < 1.29 is 4.79 Å². The minimum atomic E-state index is 0.125. The summed E-state index contributed by atoms with van der Waals surface area (Å²) in [5.41, 5.74) is 1.31. The number of ketones is 1. The zero-order valence-electron chi connectivity index (χ0n) is 10.5. The molecule has 94 valence electrons. The lowest BCUT2D eigenvalue weighted by Crippen LogP contribution is -2.43. The standard InChI is InChI=1S/C15H18N2O/c16-9-6-14-12-15(18)8-11-17(14)10-7-13-4-2-1-3-5-13/h1-5,14H,6-8,10-12H2/t14-/m1/s1. The SMILES string of the molecule is N#CC[C@@H]1CC(=O)CCN1CCc1ccccc1. The zero-order chi connectivity index (χ0) is 12.8. The van der Waals surface area contributed by atoms with Crippen LogP contribution in [0.3, 0.4) is 0 Å². The summed E-state index contributed by atoms with van der Waals surface area (Å²) in [5.74, 6) is 0.297. The van der Waals surface area contributed by atoms with Gasteiger partial charge in [-0.05, 0) is 12.0 Å². The Kier molecular flexibility index (Phi) is 4.49. The van der Waals surface area contributed by atoms with Crippen LogP contribution >= 0.6 is 0 Å². The Labute approximate surface area is 108 Å². The van der Waals surface area contributed by atoms with Gasteiger partial charge in [-0.2, -0.15) is 5.26 Å².